The predicted molar refractivity (Wildman–Crippen MR) is 121 cm³/mol. The van der Waals surface area contributed by atoms with E-state index in [-0.39, 0.29) is 12.3 Å². The number of carbonyl (C=O) groups is 1. The summed E-state index contributed by atoms with van der Waals surface area (Å²) >= 11 is 0. The van der Waals surface area contributed by atoms with E-state index in [9.17, 15) is 9.90 Å². The van der Waals surface area contributed by atoms with Crippen LogP contribution in [0.2, 0.25) is 0 Å². The van der Waals surface area contributed by atoms with Crippen LogP contribution in [0.3, 0.4) is 0 Å². The molecule has 1 fully saturated rings. The molecule has 0 bridgehead atoms. The summed E-state index contributed by atoms with van der Waals surface area (Å²) in [7, 11) is 0. The van der Waals surface area contributed by atoms with Gasteiger partial charge in [0, 0.05) is 17.7 Å². The average Bonchev–Trinajstić information content (AvgIpc) is 2.84. The van der Waals surface area contributed by atoms with Crippen LogP contribution < -0.4 is 5.32 Å². The minimum atomic E-state index is -1.89. The number of carbonyl (C=O) groups excluding carboxylic acids is 1. The predicted octanol–water partition coefficient (Wildman–Crippen LogP) is 5.26. The van der Waals surface area contributed by atoms with Crippen LogP contribution in [0.25, 0.3) is 0 Å². The average molecular weight is 430 g/mol. The summed E-state index contributed by atoms with van der Waals surface area (Å²) < 4.78 is 0. The highest BCUT2D eigenvalue weighted by molar-refractivity contribution is 6.00. The monoisotopic (exact) mass is 429 g/mol. The molecule has 2 aliphatic heterocycles. The highest BCUT2D eigenvalue weighted by Gasteiger charge is 2.68. The van der Waals surface area contributed by atoms with Gasteiger partial charge in [0.1, 0.15) is 5.41 Å². The molecule has 2 N–H and O–H groups in total. The minimum absolute atomic E-state index is 0.241. The van der Waals surface area contributed by atoms with Crippen LogP contribution >= 0.6 is 0 Å². The van der Waals surface area contributed by atoms with E-state index < -0.39 is 16.8 Å². The molecule has 3 aromatic carbocycles. The van der Waals surface area contributed by atoms with Crippen molar-refractivity contribution in [2.45, 2.75) is 44.0 Å². The lowest BCUT2D eigenvalue weighted by atomic mass is 9.61. The van der Waals surface area contributed by atoms with Crippen molar-refractivity contribution in [2.75, 3.05) is 5.32 Å². The molecule has 5 rings (SSSR count). The Morgan fingerprint density at radius 2 is 1.47 bits per heavy atom. The quantitative estimate of drug-likeness (QED) is 0.543. The van der Waals surface area contributed by atoms with Crippen molar-refractivity contribution in [3.8, 4) is 0 Å². The van der Waals surface area contributed by atoms with Gasteiger partial charge in [-0.05, 0) is 23.6 Å². The molecule has 0 aliphatic carbocycles. The van der Waals surface area contributed by atoms with E-state index in [1.165, 1.54) is 0 Å². The lowest BCUT2D eigenvalue weighted by molar-refractivity contribution is -0.518. The Kier molecular flexibility index (Phi) is 5.13. The fraction of sp³-hybridized carbons (Fsp3) is 0.296. The van der Waals surface area contributed by atoms with Gasteiger partial charge < -0.3 is 10.4 Å². The van der Waals surface area contributed by atoms with Gasteiger partial charge in [0.2, 0.25) is 11.7 Å². The van der Waals surface area contributed by atoms with Gasteiger partial charge in [-0.3, -0.25) is 4.79 Å². The number of fused-ring (bicyclic) bond motifs is 3. The Balaban J connectivity index is 1.73. The van der Waals surface area contributed by atoms with Crippen molar-refractivity contribution >= 4 is 11.6 Å². The first kappa shape index (κ1) is 20.9. The number of hydrogen-bond donors (Lipinski definition) is 2. The van der Waals surface area contributed by atoms with Crippen LogP contribution in [0.15, 0.2) is 84.9 Å². The molecule has 2 aliphatic rings. The Hall–Kier alpha value is -2.99. The molecular formula is C27H27NO4. The highest BCUT2D eigenvalue weighted by Crippen LogP contribution is 2.61. The molecule has 0 saturated carbocycles. The van der Waals surface area contributed by atoms with Gasteiger partial charge >= 0.3 is 0 Å². The summed E-state index contributed by atoms with van der Waals surface area (Å²) in [6.45, 7) is 2.08. The second-order valence-corrected chi connectivity index (χ2v) is 8.73. The van der Waals surface area contributed by atoms with Crippen molar-refractivity contribution in [1.29, 1.82) is 0 Å². The summed E-state index contributed by atoms with van der Waals surface area (Å²) in [5, 5.41) is 15.0. The zero-order chi connectivity index (χ0) is 22.2. The summed E-state index contributed by atoms with van der Waals surface area (Å²) in [6, 6.07) is 26.8. The third-order valence-corrected chi connectivity index (χ3v) is 6.92. The Labute approximate surface area is 187 Å². The lowest BCUT2D eigenvalue weighted by Gasteiger charge is -2.56. The van der Waals surface area contributed by atoms with E-state index >= 15 is 0 Å². The highest BCUT2D eigenvalue weighted by atomic mass is 17.2. The van der Waals surface area contributed by atoms with E-state index in [4.69, 9.17) is 9.78 Å². The number of hydrogen-bond acceptors (Lipinski definition) is 4. The first-order valence-electron chi connectivity index (χ1n) is 11.2. The Morgan fingerprint density at radius 3 is 2.09 bits per heavy atom. The maximum absolute atomic E-state index is 13.8. The SMILES string of the molecule is CCCCC12CC(c3ccccc3)(c3ccccc3)OOC1(O)c1ccccc1NC2=O. The number of rotatable bonds is 5. The number of amides is 1. The third-order valence-electron chi connectivity index (χ3n) is 6.92. The van der Waals surface area contributed by atoms with Crippen molar-refractivity contribution in [1.82, 2.24) is 0 Å². The van der Waals surface area contributed by atoms with Crippen LogP contribution in [0.4, 0.5) is 5.69 Å². The maximum Gasteiger partial charge on any atom is 0.242 e. The topological polar surface area (TPSA) is 67.8 Å². The van der Waals surface area contributed by atoms with E-state index in [1.807, 2.05) is 72.8 Å². The summed E-state index contributed by atoms with van der Waals surface area (Å²) in [5.41, 5.74) is 0.521. The van der Waals surface area contributed by atoms with Crippen LogP contribution in [-0.4, -0.2) is 11.0 Å². The second kappa shape index (κ2) is 7.85. The molecule has 164 valence electrons. The first-order chi connectivity index (χ1) is 15.6. The molecule has 1 amide bonds. The Bertz CT molecular complexity index is 1080. The number of benzene rings is 3. The van der Waals surface area contributed by atoms with Gasteiger partial charge in [-0.15, -0.1) is 0 Å². The van der Waals surface area contributed by atoms with Crippen LogP contribution in [0, 0.1) is 5.41 Å². The number of nitrogens with one attached hydrogen (secondary N) is 1. The summed E-state index contributed by atoms with van der Waals surface area (Å²) in [5.74, 6) is -2.14. The van der Waals surface area contributed by atoms with Gasteiger partial charge in [-0.2, -0.15) is 4.89 Å². The number of anilines is 1. The largest absolute Gasteiger partial charge is 0.359 e. The van der Waals surface area contributed by atoms with Gasteiger partial charge in [-0.1, -0.05) is 98.6 Å². The molecule has 0 aromatic heterocycles. The molecule has 3 aromatic rings. The minimum Gasteiger partial charge on any atom is -0.359 e. The van der Waals surface area contributed by atoms with Crippen LogP contribution in [0.1, 0.15) is 49.3 Å². The van der Waals surface area contributed by atoms with Crippen molar-refractivity contribution in [3.63, 3.8) is 0 Å². The zero-order valence-corrected chi connectivity index (χ0v) is 18.1. The van der Waals surface area contributed by atoms with E-state index in [2.05, 4.69) is 12.2 Å². The lowest BCUT2D eigenvalue weighted by Crippen LogP contribution is -2.64. The Morgan fingerprint density at radius 1 is 0.875 bits per heavy atom. The second-order valence-electron chi connectivity index (χ2n) is 8.73. The van der Waals surface area contributed by atoms with E-state index in [0.717, 1.165) is 24.0 Å². The molecule has 2 unspecified atom stereocenters. The number of aliphatic hydroxyl groups is 1. The molecule has 1 saturated heterocycles. The number of para-hydroxylation sites is 1. The van der Waals surface area contributed by atoms with Crippen molar-refractivity contribution in [2.24, 2.45) is 5.41 Å². The molecule has 5 heteroatoms. The van der Waals surface area contributed by atoms with E-state index in [1.54, 1.807) is 12.1 Å². The van der Waals surface area contributed by atoms with E-state index in [0.29, 0.717) is 17.7 Å². The molecule has 2 heterocycles. The molecule has 5 nitrogen and oxygen atoms in total. The molecule has 32 heavy (non-hydrogen) atoms. The van der Waals surface area contributed by atoms with Crippen molar-refractivity contribution < 1.29 is 19.7 Å². The summed E-state index contributed by atoms with van der Waals surface area (Å²) in [6.07, 6.45) is 2.36. The fourth-order valence-corrected chi connectivity index (χ4v) is 5.18. The summed E-state index contributed by atoms with van der Waals surface area (Å²) in [4.78, 5) is 25.9. The van der Waals surface area contributed by atoms with Gasteiger partial charge in [0.05, 0.1) is 0 Å². The molecular weight excluding hydrogens is 402 g/mol. The van der Waals surface area contributed by atoms with Gasteiger partial charge in [0.15, 0.2) is 5.60 Å². The first-order valence-corrected chi connectivity index (χ1v) is 11.2. The smallest absolute Gasteiger partial charge is 0.242 e. The van der Waals surface area contributed by atoms with Crippen LogP contribution in [0.5, 0.6) is 0 Å². The normalized spacial score (nSPS) is 26.0. The third kappa shape index (κ3) is 2.93. The maximum atomic E-state index is 13.8. The van der Waals surface area contributed by atoms with Crippen molar-refractivity contribution in [3.05, 3.63) is 102 Å². The van der Waals surface area contributed by atoms with Crippen LogP contribution in [-0.2, 0) is 26.0 Å². The number of unbranched alkanes of at least 4 members (excludes halogenated alkanes) is 1. The molecule has 0 spiro atoms. The molecule has 2 atom stereocenters. The fourth-order valence-electron chi connectivity index (χ4n) is 5.18. The van der Waals surface area contributed by atoms with Gasteiger partial charge in [-0.25, -0.2) is 4.89 Å². The standard InChI is InChI=1S/C27H27NO4/c1-2-3-18-25-19-26(20-12-6-4-7-13-20,21-14-8-5-9-15-21)31-32-27(25,30)22-16-10-11-17-23(22)28-24(25)29/h4-17,30H,2-3,18-19H2,1H3,(H,28,29). The zero-order valence-electron chi connectivity index (χ0n) is 18.1. The van der Waals surface area contributed by atoms with Gasteiger partial charge in [0.25, 0.3) is 0 Å². The molecule has 0 radical (unpaired) electrons.